The lowest BCUT2D eigenvalue weighted by molar-refractivity contribution is 0.414. The van der Waals surface area contributed by atoms with Crippen molar-refractivity contribution in [3.63, 3.8) is 0 Å². The summed E-state index contributed by atoms with van der Waals surface area (Å²) in [6.07, 6.45) is 2.72. The highest BCUT2D eigenvalue weighted by molar-refractivity contribution is 5.35. The molecule has 2 aromatic carbocycles. The summed E-state index contributed by atoms with van der Waals surface area (Å²) in [4.78, 5) is 0. The molecule has 1 fully saturated rings. The minimum absolute atomic E-state index is 0.243. The Morgan fingerprint density at radius 3 is 2.14 bits per heavy atom. The zero-order valence-corrected chi connectivity index (χ0v) is 12.8. The number of hydrogen-bond acceptors (Lipinski definition) is 2. The van der Waals surface area contributed by atoms with Crippen molar-refractivity contribution in [2.24, 2.45) is 5.92 Å². The van der Waals surface area contributed by atoms with Crippen LogP contribution in [0.1, 0.15) is 36.9 Å². The van der Waals surface area contributed by atoms with E-state index in [4.69, 9.17) is 4.74 Å². The molecule has 1 saturated carbocycles. The maximum atomic E-state index is 5.26. The fourth-order valence-corrected chi connectivity index (χ4v) is 2.82. The first-order chi connectivity index (χ1) is 10.3. The zero-order valence-electron chi connectivity index (χ0n) is 12.8. The van der Waals surface area contributed by atoms with Gasteiger partial charge in [-0.15, -0.1) is 0 Å². The van der Waals surface area contributed by atoms with Crippen LogP contribution in [0.15, 0.2) is 54.6 Å². The summed E-state index contributed by atoms with van der Waals surface area (Å²) in [5, 5.41) is 3.81. The summed E-state index contributed by atoms with van der Waals surface area (Å²) in [5.41, 5.74) is 2.60. The van der Waals surface area contributed by atoms with Crippen molar-refractivity contribution in [3.05, 3.63) is 65.7 Å². The van der Waals surface area contributed by atoms with Gasteiger partial charge in [0.15, 0.2) is 0 Å². The van der Waals surface area contributed by atoms with Gasteiger partial charge in [-0.25, -0.2) is 0 Å². The van der Waals surface area contributed by atoms with Gasteiger partial charge < -0.3 is 10.1 Å². The molecule has 0 aromatic heterocycles. The Labute approximate surface area is 127 Å². The first-order valence-corrected chi connectivity index (χ1v) is 7.73. The first kappa shape index (κ1) is 14.2. The van der Waals surface area contributed by atoms with E-state index in [1.54, 1.807) is 7.11 Å². The van der Waals surface area contributed by atoms with E-state index in [9.17, 15) is 0 Å². The number of nitrogens with one attached hydrogen (secondary N) is 1. The third kappa shape index (κ3) is 3.45. The van der Waals surface area contributed by atoms with Gasteiger partial charge in [-0.05, 0) is 48.9 Å². The highest BCUT2D eigenvalue weighted by Crippen LogP contribution is 2.34. The van der Waals surface area contributed by atoms with Crippen LogP contribution in [0, 0.1) is 5.92 Å². The molecule has 0 spiro atoms. The number of rotatable bonds is 6. The summed E-state index contributed by atoms with van der Waals surface area (Å²) in [5.74, 6) is 1.75. The van der Waals surface area contributed by atoms with Gasteiger partial charge in [-0.1, -0.05) is 42.5 Å². The monoisotopic (exact) mass is 281 g/mol. The third-order valence-corrected chi connectivity index (χ3v) is 4.34. The fourth-order valence-electron chi connectivity index (χ4n) is 2.82. The van der Waals surface area contributed by atoms with Crippen LogP contribution in [-0.4, -0.2) is 13.2 Å². The van der Waals surface area contributed by atoms with Crippen molar-refractivity contribution in [3.8, 4) is 5.75 Å². The van der Waals surface area contributed by atoms with E-state index in [-0.39, 0.29) is 6.04 Å². The van der Waals surface area contributed by atoms with Gasteiger partial charge >= 0.3 is 0 Å². The third-order valence-electron chi connectivity index (χ3n) is 4.34. The molecule has 2 heteroatoms. The molecule has 1 aliphatic rings. The average Bonchev–Trinajstić information content (AvgIpc) is 3.38. The molecule has 0 saturated heterocycles. The first-order valence-electron chi connectivity index (χ1n) is 7.73. The molecule has 0 radical (unpaired) electrons. The predicted octanol–water partition coefficient (Wildman–Crippen LogP) is 4.17. The van der Waals surface area contributed by atoms with E-state index in [2.05, 4.69) is 54.7 Å². The number of benzene rings is 2. The Morgan fingerprint density at radius 1 is 0.952 bits per heavy atom. The molecular weight excluding hydrogens is 258 g/mol. The molecule has 0 amide bonds. The Bertz CT molecular complexity index is 560. The second-order valence-corrected chi connectivity index (χ2v) is 5.91. The van der Waals surface area contributed by atoms with E-state index in [1.165, 1.54) is 24.0 Å². The van der Waals surface area contributed by atoms with Crippen LogP contribution >= 0.6 is 0 Å². The normalized spacial score (nSPS) is 17.2. The topological polar surface area (TPSA) is 21.3 Å². The van der Waals surface area contributed by atoms with Gasteiger partial charge in [-0.2, -0.15) is 0 Å². The second-order valence-electron chi connectivity index (χ2n) is 5.91. The highest BCUT2D eigenvalue weighted by atomic mass is 16.5. The fraction of sp³-hybridized carbons (Fsp3) is 0.368. The highest BCUT2D eigenvalue weighted by Gasteiger charge is 2.30. The van der Waals surface area contributed by atoms with E-state index in [0.717, 1.165) is 11.7 Å². The Balaban J connectivity index is 1.86. The standard InChI is InChI=1S/C19H23NO/c1-14(15-8-9-15)20-19(16-6-4-3-5-7-16)17-10-12-18(21-2)13-11-17/h3-7,10-15,19-20H,8-9H2,1-2H3. The van der Waals surface area contributed by atoms with Crippen molar-refractivity contribution in [1.82, 2.24) is 5.32 Å². The maximum absolute atomic E-state index is 5.26. The van der Waals surface area contributed by atoms with Crippen LogP contribution in [0.5, 0.6) is 5.75 Å². The molecule has 0 aliphatic heterocycles. The van der Waals surface area contributed by atoms with Gasteiger partial charge in [0, 0.05) is 6.04 Å². The van der Waals surface area contributed by atoms with Crippen molar-refractivity contribution >= 4 is 0 Å². The minimum Gasteiger partial charge on any atom is -0.497 e. The van der Waals surface area contributed by atoms with Gasteiger partial charge in [0.1, 0.15) is 5.75 Å². The van der Waals surface area contributed by atoms with E-state index in [0.29, 0.717) is 6.04 Å². The molecule has 110 valence electrons. The van der Waals surface area contributed by atoms with Crippen LogP contribution in [0.2, 0.25) is 0 Å². The summed E-state index contributed by atoms with van der Waals surface area (Å²) >= 11 is 0. The van der Waals surface area contributed by atoms with Gasteiger partial charge in [0.25, 0.3) is 0 Å². The Kier molecular flexibility index (Phi) is 4.26. The predicted molar refractivity (Wildman–Crippen MR) is 86.6 cm³/mol. The lowest BCUT2D eigenvalue weighted by atomic mass is 9.97. The van der Waals surface area contributed by atoms with Crippen LogP contribution < -0.4 is 10.1 Å². The largest absolute Gasteiger partial charge is 0.497 e. The van der Waals surface area contributed by atoms with Crippen LogP contribution in [0.3, 0.4) is 0 Å². The van der Waals surface area contributed by atoms with Gasteiger partial charge in [-0.3, -0.25) is 0 Å². The summed E-state index contributed by atoms with van der Waals surface area (Å²) in [7, 11) is 1.71. The minimum atomic E-state index is 0.243. The SMILES string of the molecule is COc1ccc(C(NC(C)C2CC2)c2ccccc2)cc1. The molecule has 2 unspecified atom stereocenters. The molecule has 2 aromatic rings. The molecule has 3 rings (SSSR count). The molecule has 1 N–H and O–H groups in total. The molecule has 0 bridgehead atoms. The Hall–Kier alpha value is -1.80. The van der Waals surface area contributed by atoms with Crippen molar-refractivity contribution in [2.45, 2.75) is 31.8 Å². The van der Waals surface area contributed by atoms with Crippen molar-refractivity contribution < 1.29 is 4.74 Å². The molecule has 0 heterocycles. The van der Waals surface area contributed by atoms with Crippen molar-refractivity contribution in [2.75, 3.05) is 7.11 Å². The maximum Gasteiger partial charge on any atom is 0.118 e. The summed E-state index contributed by atoms with van der Waals surface area (Å²) in [6, 6.07) is 19.9. The van der Waals surface area contributed by atoms with Crippen molar-refractivity contribution in [1.29, 1.82) is 0 Å². The molecule has 21 heavy (non-hydrogen) atoms. The van der Waals surface area contributed by atoms with E-state index in [1.807, 2.05) is 12.1 Å². The smallest absolute Gasteiger partial charge is 0.118 e. The molecule has 2 atom stereocenters. The van der Waals surface area contributed by atoms with Crippen LogP contribution in [0.4, 0.5) is 0 Å². The zero-order chi connectivity index (χ0) is 14.7. The number of ether oxygens (including phenoxy) is 1. The van der Waals surface area contributed by atoms with Crippen LogP contribution in [-0.2, 0) is 0 Å². The molecule has 1 aliphatic carbocycles. The second kappa shape index (κ2) is 6.31. The summed E-state index contributed by atoms with van der Waals surface area (Å²) < 4.78 is 5.26. The quantitative estimate of drug-likeness (QED) is 0.858. The molecule has 2 nitrogen and oxygen atoms in total. The lowest BCUT2D eigenvalue weighted by Crippen LogP contribution is -2.32. The Morgan fingerprint density at radius 2 is 1.57 bits per heavy atom. The van der Waals surface area contributed by atoms with Gasteiger partial charge in [0.05, 0.1) is 13.2 Å². The van der Waals surface area contributed by atoms with Crippen LogP contribution in [0.25, 0.3) is 0 Å². The van der Waals surface area contributed by atoms with Gasteiger partial charge in [0.2, 0.25) is 0 Å². The molecular formula is C19H23NO. The average molecular weight is 281 g/mol. The van der Waals surface area contributed by atoms with E-state index >= 15 is 0 Å². The van der Waals surface area contributed by atoms with E-state index < -0.39 is 0 Å². The lowest BCUT2D eigenvalue weighted by Gasteiger charge is -2.24. The summed E-state index contributed by atoms with van der Waals surface area (Å²) in [6.45, 7) is 2.30. The number of methoxy groups -OCH3 is 1. The number of hydrogen-bond donors (Lipinski definition) is 1.